The summed E-state index contributed by atoms with van der Waals surface area (Å²) >= 11 is 1.71. The van der Waals surface area contributed by atoms with Gasteiger partial charge in [-0.05, 0) is 78.8 Å². The van der Waals surface area contributed by atoms with Gasteiger partial charge in [-0.2, -0.15) is 5.26 Å². The highest BCUT2D eigenvalue weighted by molar-refractivity contribution is 7.18. The Balaban J connectivity index is 1.48. The molecule has 6 heteroatoms. The Morgan fingerprint density at radius 3 is 2.76 bits per heavy atom. The Morgan fingerprint density at radius 1 is 1.18 bits per heavy atom. The van der Waals surface area contributed by atoms with Crippen LogP contribution >= 0.6 is 11.3 Å². The van der Waals surface area contributed by atoms with Gasteiger partial charge in [0, 0.05) is 22.7 Å². The zero-order valence-electron chi connectivity index (χ0n) is 18.7. The summed E-state index contributed by atoms with van der Waals surface area (Å²) in [6.45, 7) is 4.28. The number of aliphatic hydroxyl groups is 1. The number of benzene rings is 2. The van der Waals surface area contributed by atoms with Gasteiger partial charge < -0.3 is 14.7 Å². The van der Waals surface area contributed by atoms with Gasteiger partial charge in [0.1, 0.15) is 11.8 Å². The van der Waals surface area contributed by atoms with Gasteiger partial charge in [-0.3, -0.25) is 4.79 Å². The number of amides is 1. The van der Waals surface area contributed by atoms with E-state index in [1.54, 1.807) is 11.3 Å². The van der Waals surface area contributed by atoms with Gasteiger partial charge in [-0.15, -0.1) is 11.3 Å². The van der Waals surface area contributed by atoms with Gasteiger partial charge in [-0.25, -0.2) is 0 Å². The molecular formula is C27H26N2O3S. The number of carbonyl (C=O) groups excluding carboxylic acids is 1. The van der Waals surface area contributed by atoms with E-state index in [0.717, 1.165) is 16.9 Å². The van der Waals surface area contributed by atoms with Crippen LogP contribution in [-0.4, -0.2) is 35.2 Å². The van der Waals surface area contributed by atoms with Crippen LogP contribution in [0.1, 0.15) is 43.0 Å². The van der Waals surface area contributed by atoms with Crippen molar-refractivity contribution in [3.05, 3.63) is 65.2 Å². The SMILES string of the molecule is CC(C)Oc1ccc(-c2ccc(-c3cccc4c3C[C@@H]3CC(=O)N(CCO)[C@H]43)s2)cc1C#N. The van der Waals surface area contributed by atoms with Crippen molar-refractivity contribution in [2.24, 2.45) is 5.92 Å². The summed E-state index contributed by atoms with van der Waals surface area (Å²) in [5, 5.41) is 19.0. The van der Waals surface area contributed by atoms with Crippen molar-refractivity contribution in [3.8, 4) is 32.7 Å². The summed E-state index contributed by atoms with van der Waals surface area (Å²) in [6.07, 6.45) is 1.45. The number of rotatable bonds is 6. The highest BCUT2D eigenvalue weighted by atomic mass is 32.1. The third-order valence-electron chi connectivity index (χ3n) is 6.50. The Labute approximate surface area is 197 Å². The van der Waals surface area contributed by atoms with E-state index < -0.39 is 0 Å². The highest BCUT2D eigenvalue weighted by Gasteiger charge is 2.45. The lowest BCUT2D eigenvalue weighted by Crippen LogP contribution is -2.30. The van der Waals surface area contributed by atoms with Crippen LogP contribution in [0.3, 0.4) is 0 Å². The van der Waals surface area contributed by atoms with Crippen LogP contribution in [0, 0.1) is 17.2 Å². The molecule has 5 rings (SSSR count). The lowest BCUT2D eigenvalue weighted by Gasteiger charge is -2.24. The molecule has 2 aromatic carbocycles. The summed E-state index contributed by atoms with van der Waals surface area (Å²) in [5.41, 5.74) is 5.29. The number of likely N-dealkylation sites (tertiary alicyclic amines) is 1. The van der Waals surface area contributed by atoms with E-state index in [9.17, 15) is 15.2 Å². The molecule has 1 fully saturated rings. The van der Waals surface area contributed by atoms with Gasteiger partial charge >= 0.3 is 0 Å². The first-order chi connectivity index (χ1) is 16.0. The number of nitrogens with zero attached hydrogens (tertiary/aromatic N) is 2. The second kappa shape index (κ2) is 8.66. The minimum Gasteiger partial charge on any atom is -0.490 e. The van der Waals surface area contributed by atoms with Crippen molar-refractivity contribution < 1.29 is 14.6 Å². The second-order valence-corrected chi connectivity index (χ2v) is 10.0. The number of ether oxygens (including phenoxy) is 1. The van der Waals surface area contributed by atoms with Crippen LogP contribution in [0.2, 0.25) is 0 Å². The molecule has 0 unspecified atom stereocenters. The molecule has 0 bridgehead atoms. The van der Waals surface area contributed by atoms with E-state index in [1.807, 2.05) is 36.9 Å². The molecule has 3 aromatic rings. The largest absolute Gasteiger partial charge is 0.490 e. The van der Waals surface area contributed by atoms with Crippen LogP contribution < -0.4 is 4.74 Å². The smallest absolute Gasteiger partial charge is 0.223 e. The molecule has 1 aromatic heterocycles. The molecular weight excluding hydrogens is 432 g/mol. The van der Waals surface area contributed by atoms with Crippen LogP contribution in [-0.2, 0) is 11.2 Å². The molecule has 1 aliphatic carbocycles. The minimum atomic E-state index is -0.00997. The lowest BCUT2D eigenvalue weighted by molar-refractivity contribution is -0.129. The number of fused-ring (bicyclic) bond motifs is 3. The fraction of sp³-hybridized carbons (Fsp3) is 0.333. The van der Waals surface area contributed by atoms with Crippen molar-refractivity contribution in [2.45, 2.75) is 38.8 Å². The number of aliphatic hydroxyl groups excluding tert-OH is 1. The Kier molecular flexibility index (Phi) is 5.69. The lowest BCUT2D eigenvalue weighted by atomic mass is 10.0. The third kappa shape index (κ3) is 3.82. The highest BCUT2D eigenvalue weighted by Crippen LogP contribution is 2.50. The van der Waals surface area contributed by atoms with Crippen LogP contribution in [0.5, 0.6) is 5.75 Å². The molecule has 0 spiro atoms. The number of hydrogen-bond acceptors (Lipinski definition) is 5. The monoisotopic (exact) mass is 458 g/mol. The summed E-state index contributed by atoms with van der Waals surface area (Å²) < 4.78 is 5.76. The normalized spacial score (nSPS) is 19.0. The first kappa shape index (κ1) is 21.7. The van der Waals surface area contributed by atoms with Gasteiger partial charge in [0.15, 0.2) is 0 Å². The first-order valence-corrected chi connectivity index (χ1v) is 12.1. The maximum atomic E-state index is 12.4. The number of hydrogen-bond donors (Lipinski definition) is 1. The van der Waals surface area contributed by atoms with E-state index in [-0.39, 0.29) is 30.6 Å². The summed E-state index contributed by atoms with van der Waals surface area (Å²) in [4.78, 5) is 16.6. The van der Waals surface area contributed by atoms with E-state index in [1.165, 1.54) is 21.6 Å². The van der Waals surface area contributed by atoms with Gasteiger partial charge in [-0.1, -0.05) is 18.2 Å². The van der Waals surface area contributed by atoms with Crippen molar-refractivity contribution in [2.75, 3.05) is 13.2 Å². The van der Waals surface area contributed by atoms with Crippen molar-refractivity contribution >= 4 is 17.2 Å². The molecule has 0 saturated carbocycles. The van der Waals surface area contributed by atoms with Gasteiger partial charge in [0.25, 0.3) is 0 Å². The Hall–Kier alpha value is -3.14. The van der Waals surface area contributed by atoms with Crippen molar-refractivity contribution in [1.82, 2.24) is 4.90 Å². The van der Waals surface area contributed by atoms with Gasteiger partial charge in [0.05, 0.1) is 24.3 Å². The van der Waals surface area contributed by atoms with E-state index >= 15 is 0 Å². The molecule has 2 atom stereocenters. The van der Waals surface area contributed by atoms with Crippen LogP contribution in [0.25, 0.3) is 20.9 Å². The molecule has 1 aliphatic heterocycles. The fourth-order valence-electron chi connectivity index (χ4n) is 5.21. The zero-order valence-corrected chi connectivity index (χ0v) is 19.6. The van der Waals surface area contributed by atoms with Crippen LogP contribution in [0.15, 0.2) is 48.5 Å². The maximum Gasteiger partial charge on any atom is 0.223 e. The minimum absolute atomic E-state index is 0.00997. The summed E-state index contributed by atoms with van der Waals surface area (Å²) in [7, 11) is 0. The van der Waals surface area contributed by atoms with E-state index in [0.29, 0.717) is 24.3 Å². The molecule has 2 heterocycles. The average molecular weight is 459 g/mol. The number of carbonyl (C=O) groups is 1. The summed E-state index contributed by atoms with van der Waals surface area (Å²) in [6, 6.07) is 18.7. The van der Waals surface area contributed by atoms with Crippen molar-refractivity contribution in [1.29, 1.82) is 5.26 Å². The second-order valence-electron chi connectivity index (χ2n) is 8.95. The summed E-state index contributed by atoms with van der Waals surface area (Å²) in [5.74, 6) is 1.04. The van der Waals surface area contributed by atoms with E-state index in [2.05, 4.69) is 36.4 Å². The third-order valence-corrected chi connectivity index (χ3v) is 7.66. The molecule has 33 heavy (non-hydrogen) atoms. The van der Waals surface area contributed by atoms with Crippen molar-refractivity contribution in [3.63, 3.8) is 0 Å². The zero-order chi connectivity index (χ0) is 23.1. The molecule has 1 amide bonds. The van der Waals surface area contributed by atoms with E-state index in [4.69, 9.17) is 4.74 Å². The number of nitriles is 1. The quantitative estimate of drug-likeness (QED) is 0.552. The molecule has 2 aliphatic rings. The number of β-amino-alcohol motifs (C(OH)–C–C–N with tert-alkyl or cyclic N) is 1. The maximum absolute atomic E-state index is 12.4. The fourth-order valence-corrected chi connectivity index (χ4v) is 6.26. The number of thiophene rings is 1. The standard InChI is InChI=1S/C27H26N2O3S/c1-16(2)32-23-7-6-17(12-19(23)15-28)24-8-9-25(33-24)20-4-3-5-21-22(20)13-18-14-26(31)29(10-11-30)27(18)21/h3-9,12,16,18,27,30H,10-11,13-14H2,1-2H3/t18-,27+/m1/s1. The Bertz CT molecular complexity index is 1260. The van der Waals surface area contributed by atoms with Crippen LogP contribution in [0.4, 0.5) is 0 Å². The molecule has 168 valence electrons. The molecule has 1 N–H and O–H groups in total. The average Bonchev–Trinajstić information content (AvgIpc) is 3.49. The first-order valence-electron chi connectivity index (χ1n) is 11.3. The molecule has 1 saturated heterocycles. The molecule has 0 radical (unpaired) electrons. The topological polar surface area (TPSA) is 73.6 Å². The molecule has 5 nitrogen and oxygen atoms in total. The Morgan fingerprint density at radius 2 is 2.00 bits per heavy atom. The predicted octanol–water partition coefficient (Wildman–Crippen LogP) is 5.18. The predicted molar refractivity (Wildman–Crippen MR) is 129 cm³/mol. The van der Waals surface area contributed by atoms with Gasteiger partial charge in [0.2, 0.25) is 5.91 Å².